The predicted octanol–water partition coefficient (Wildman–Crippen LogP) is 1.51. The number of nitrogens with one attached hydrogen (secondary N) is 1. The number of hydrogen-bond acceptors (Lipinski definition) is 5. The molecule has 0 atom stereocenters. The van der Waals surface area contributed by atoms with Gasteiger partial charge in [-0.3, -0.25) is 9.59 Å². The fourth-order valence-electron chi connectivity index (χ4n) is 1.91. The number of nitrogens with zero attached hydrogens (tertiary/aromatic N) is 2. The summed E-state index contributed by atoms with van der Waals surface area (Å²) in [7, 11) is 0. The van der Waals surface area contributed by atoms with E-state index in [4.69, 9.17) is 4.42 Å². The van der Waals surface area contributed by atoms with E-state index >= 15 is 0 Å². The van der Waals surface area contributed by atoms with Crippen molar-refractivity contribution in [2.45, 2.75) is 18.9 Å². The summed E-state index contributed by atoms with van der Waals surface area (Å²) in [6.07, 6.45) is 4.61. The van der Waals surface area contributed by atoms with Crippen LogP contribution < -0.4 is 5.32 Å². The SMILES string of the molecule is O=C(CN(C(=O)c1ccco1)C1CC1)Nc1ccon1. The molecular weight excluding hydrogens is 262 g/mol. The normalized spacial score (nSPS) is 14.0. The molecule has 1 saturated carbocycles. The van der Waals surface area contributed by atoms with Crippen LogP contribution in [0.4, 0.5) is 5.82 Å². The first-order valence-electron chi connectivity index (χ1n) is 6.29. The van der Waals surface area contributed by atoms with Crippen LogP contribution in [0.5, 0.6) is 0 Å². The predicted molar refractivity (Wildman–Crippen MR) is 67.9 cm³/mol. The zero-order valence-electron chi connectivity index (χ0n) is 10.6. The molecule has 1 aliphatic rings. The highest BCUT2D eigenvalue weighted by atomic mass is 16.5. The number of anilines is 1. The van der Waals surface area contributed by atoms with Crippen LogP contribution in [0.25, 0.3) is 0 Å². The van der Waals surface area contributed by atoms with Crippen molar-refractivity contribution in [3.63, 3.8) is 0 Å². The minimum absolute atomic E-state index is 0.0307. The Morgan fingerprint density at radius 1 is 1.35 bits per heavy atom. The number of amides is 2. The first-order chi connectivity index (χ1) is 9.74. The third-order valence-electron chi connectivity index (χ3n) is 3.00. The van der Waals surface area contributed by atoms with Gasteiger partial charge in [0.1, 0.15) is 12.8 Å². The molecule has 2 aromatic heterocycles. The molecule has 0 unspecified atom stereocenters. The summed E-state index contributed by atoms with van der Waals surface area (Å²) in [4.78, 5) is 25.7. The highest BCUT2D eigenvalue weighted by Crippen LogP contribution is 2.28. The molecule has 1 aliphatic carbocycles. The van der Waals surface area contributed by atoms with Gasteiger partial charge in [0, 0.05) is 12.1 Å². The summed E-state index contributed by atoms with van der Waals surface area (Å²) >= 11 is 0. The van der Waals surface area contributed by atoms with Crippen molar-refractivity contribution in [3.05, 3.63) is 36.5 Å². The smallest absolute Gasteiger partial charge is 0.290 e. The summed E-state index contributed by atoms with van der Waals surface area (Å²) in [6.45, 7) is -0.0307. The third-order valence-corrected chi connectivity index (χ3v) is 3.00. The first-order valence-corrected chi connectivity index (χ1v) is 6.29. The standard InChI is InChI=1S/C13H13N3O4/c17-12(14-11-5-7-20-15-11)8-16(9-3-4-9)13(18)10-2-1-6-19-10/h1-2,5-7,9H,3-4,8H2,(H,14,15,17). The Bertz CT molecular complexity index is 587. The zero-order valence-corrected chi connectivity index (χ0v) is 10.6. The molecule has 3 rings (SSSR count). The third kappa shape index (κ3) is 2.71. The lowest BCUT2D eigenvalue weighted by molar-refractivity contribution is -0.117. The molecule has 2 amide bonds. The van der Waals surface area contributed by atoms with Gasteiger partial charge in [-0.2, -0.15) is 0 Å². The van der Waals surface area contributed by atoms with E-state index in [0.29, 0.717) is 5.82 Å². The van der Waals surface area contributed by atoms with Crippen molar-refractivity contribution < 1.29 is 18.5 Å². The van der Waals surface area contributed by atoms with Gasteiger partial charge in [0.15, 0.2) is 11.6 Å². The minimum atomic E-state index is -0.314. The molecule has 0 saturated heterocycles. The number of hydrogen-bond donors (Lipinski definition) is 1. The van der Waals surface area contributed by atoms with E-state index in [-0.39, 0.29) is 30.2 Å². The first kappa shape index (κ1) is 12.5. The Balaban J connectivity index is 1.65. The molecule has 1 fully saturated rings. The Morgan fingerprint density at radius 2 is 2.20 bits per heavy atom. The summed E-state index contributed by atoms with van der Waals surface area (Å²) in [5, 5.41) is 6.16. The number of rotatable bonds is 5. The molecule has 7 nitrogen and oxygen atoms in total. The Morgan fingerprint density at radius 3 is 2.80 bits per heavy atom. The van der Waals surface area contributed by atoms with Crippen molar-refractivity contribution in [1.29, 1.82) is 0 Å². The molecule has 0 spiro atoms. The van der Waals surface area contributed by atoms with Crippen molar-refractivity contribution >= 4 is 17.6 Å². The van der Waals surface area contributed by atoms with E-state index in [2.05, 4.69) is 15.0 Å². The highest BCUT2D eigenvalue weighted by molar-refractivity contribution is 5.97. The van der Waals surface area contributed by atoms with Crippen molar-refractivity contribution in [1.82, 2.24) is 10.1 Å². The lowest BCUT2D eigenvalue weighted by Gasteiger charge is -2.20. The average Bonchev–Trinajstić information content (AvgIpc) is 2.93. The lowest BCUT2D eigenvalue weighted by Crippen LogP contribution is -2.39. The number of furan rings is 1. The van der Waals surface area contributed by atoms with Crippen molar-refractivity contribution in [2.24, 2.45) is 0 Å². The Kier molecular flexibility index (Phi) is 3.24. The van der Waals surface area contributed by atoms with E-state index < -0.39 is 0 Å². The molecule has 0 bridgehead atoms. The molecule has 104 valence electrons. The van der Waals surface area contributed by atoms with Gasteiger partial charge in [0.25, 0.3) is 5.91 Å². The number of carbonyl (C=O) groups excluding carboxylic acids is 2. The molecule has 0 aromatic carbocycles. The molecule has 0 radical (unpaired) electrons. The lowest BCUT2D eigenvalue weighted by atomic mass is 10.3. The zero-order chi connectivity index (χ0) is 13.9. The second-order valence-corrected chi connectivity index (χ2v) is 4.57. The summed E-state index contributed by atoms with van der Waals surface area (Å²) in [5.41, 5.74) is 0. The van der Waals surface area contributed by atoms with Crippen LogP contribution in [0.15, 0.2) is 39.7 Å². The van der Waals surface area contributed by atoms with E-state index in [0.717, 1.165) is 12.8 Å². The van der Waals surface area contributed by atoms with Crippen LogP contribution in [0.3, 0.4) is 0 Å². The van der Waals surface area contributed by atoms with Gasteiger partial charge in [-0.1, -0.05) is 5.16 Å². The quantitative estimate of drug-likeness (QED) is 0.893. The van der Waals surface area contributed by atoms with Crippen molar-refractivity contribution in [3.8, 4) is 0 Å². The largest absolute Gasteiger partial charge is 0.459 e. The van der Waals surface area contributed by atoms with Crippen LogP contribution >= 0.6 is 0 Å². The maximum atomic E-state index is 12.2. The second kappa shape index (κ2) is 5.20. The average molecular weight is 275 g/mol. The summed E-state index contributed by atoms with van der Waals surface area (Å²) in [6, 6.07) is 4.88. The van der Waals surface area contributed by atoms with Crippen LogP contribution in [-0.4, -0.2) is 34.5 Å². The highest BCUT2D eigenvalue weighted by Gasteiger charge is 2.35. The molecule has 20 heavy (non-hydrogen) atoms. The molecular formula is C13H13N3O4. The van der Waals surface area contributed by atoms with Gasteiger partial charge in [-0.05, 0) is 25.0 Å². The summed E-state index contributed by atoms with van der Waals surface area (Å²) < 4.78 is 9.72. The van der Waals surface area contributed by atoms with E-state index in [1.807, 2.05) is 0 Å². The minimum Gasteiger partial charge on any atom is -0.459 e. The molecule has 0 aliphatic heterocycles. The second-order valence-electron chi connectivity index (χ2n) is 4.57. The van der Waals surface area contributed by atoms with Gasteiger partial charge in [0.2, 0.25) is 5.91 Å². The van der Waals surface area contributed by atoms with Gasteiger partial charge >= 0.3 is 0 Å². The van der Waals surface area contributed by atoms with E-state index in [1.54, 1.807) is 12.1 Å². The van der Waals surface area contributed by atoms with Gasteiger partial charge in [-0.15, -0.1) is 0 Å². The van der Waals surface area contributed by atoms with E-state index in [1.165, 1.54) is 23.5 Å². The monoisotopic (exact) mass is 275 g/mol. The molecule has 2 aromatic rings. The van der Waals surface area contributed by atoms with Gasteiger partial charge in [0.05, 0.1) is 6.26 Å². The molecule has 2 heterocycles. The molecule has 1 N–H and O–H groups in total. The van der Waals surface area contributed by atoms with Gasteiger partial charge in [-0.25, -0.2) is 0 Å². The van der Waals surface area contributed by atoms with Crippen LogP contribution in [0, 0.1) is 0 Å². The number of aromatic nitrogens is 1. The van der Waals surface area contributed by atoms with Gasteiger partial charge < -0.3 is 19.2 Å². The van der Waals surface area contributed by atoms with Crippen molar-refractivity contribution in [2.75, 3.05) is 11.9 Å². The Hall–Kier alpha value is -2.57. The topological polar surface area (TPSA) is 88.6 Å². The molecule has 7 heteroatoms. The summed E-state index contributed by atoms with van der Waals surface area (Å²) in [5.74, 6) is -0.0131. The van der Waals surface area contributed by atoms with E-state index in [9.17, 15) is 9.59 Å². The fourth-order valence-corrected chi connectivity index (χ4v) is 1.91. The Labute approximate surface area is 114 Å². The van der Waals surface area contributed by atoms with Crippen LogP contribution in [-0.2, 0) is 4.79 Å². The van der Waals surface area contributed by atoms with Crippen LogP contribution in [0.1, 0.15) is 23.4 Å². The maximum Gasteiger partial charge on any atom is 0.290 e. The maximum absolute atomic E-state index is 12.2. The number of carbonyl (C=O) groups is 2. The van der Waals surface area contributed by atoms with Crippen LogP contribution in [0.2, 0.25) is 0 Å². The fraction of sp³-hybridized carbons (Fsp3) is 0.308.